The number of carbonyl (C=O) groups excluding carboxylic acids is 2. The summed E-state index contributed by atoms with van der Waals surface area (Å²) in [6.45, 7) is 0. The van der Waals surface area contributed by atoms with E-state index in [0.29, 0.717) is 12.8 Å². The van der Waals surface area contributed by atoms with Crippen molar-refractivity contribution in [2.75, 3.05) is 0 Å². The summed E-state index contributed by atoms with van der Waals surface area (Å²) in [4.78, 5) is 27.9. The average Bonchev–Trinajstić information content (AvgIpc) is 3.45. The van der Waals surface area contributed by atoms with Gasteiger partial charge in [-0.25, -0.2) is 0 Å². The van der Waals surface area contributed by atoms with E-state index in [9.17, 15) is 9.59 Å². The van der Waals surface area contributed by atoms with Crippen LogP contribution in [0.1, 0.15) is 57.9 Å². The van der Waals surface area contributed by atoms with Gasteiger partial charge in [0.25, 0.3) is 0 Å². The topological polar surface area (TPSA) is 34.1 Å². The summed E-state index contributed by atoms with van der Waals surface area (Å²) < 4.78 is 2.30. The average molecular weight is 419 g/mol. The predicted molar refractivity (Wildman–Crippen MR) is 122 cm³/mol. The van der Waals surface area contributed by atoms with Crippen molar-refractivity contribution < 1.29 is 9.59 Å². The number of hydrogen-bond donors (Lipinski definition) is 0. The molecule has 4 heteroatoms. The molecule has 0 atom stereocenters. The summed E-state index contributed by atoms with van der Waals surface area (Å²) in [5.74, 6) is 0.384. The second-order valence-corrected chi connectivity index (χ2v) is 10.4. The molecule has 5 rings (SSSR count). The molecule has 1 saturated carbocycles. The van der Waals surface area contributed by atoms with E-state index in [0.717, 1.165) is 55.6 Å². The fourth-order valence-electron chi connectivity index (χ4n) is 4.64. The van der Waals surface area contributed by atoms with Gasteiger partial charge in [0.15, 0.2) is 11.6 Å². The third-order valence-corrected chi connectivity index (χ3v) is 8.45. The minimum atomic E-state index is -0.180. The molecule has 0 aliphatic heterocycles. The monoisotopic (exact) mass is 418 g/mol. The van der Waals surface area contributed by atoms with Gasteiger partial charge < -0.3 is 0 Å². The van der Waals surface area contributed by atoms with Crippen LogP contribution in [-0.2, 0) is 0 Å². The van der Waals surface area contributed by atoms with E-state index in [1.807, 2.05) is 36.4 Å². The number of ketones is 2. The smallest absolute Gasteiger partial charge is 0.173 e. The minimum Gasteiger partial charge on any atom is -0.293 e. The molecule has 0 unspecified atom stereocenters. The molecule has 1 aliphatic rings. The van der Waals surface area contributed by atoms with Crippen LogP contribution in [0.25, 0.3) is 20.2 Å². The number of rotatable bonds is 6. The van der Waals surface area contributed by atoms with Gasteiger partial charge in [-0.1, -0.05) is 49.2 Å². The van der Waals surface area contributed by atoms with E-state index >= 15 is 0 Å². The Kier molecular flexibility index (Phi) is 4.84. The van der Waals surface area contributed by atoms with Crippen molar-refractivity contribution in [3.05, 3.63) is 70.4 Å². The van der Waals surface area contributed by atoms with E-state index in [-0.39, 0.29) is 17.0 Å². The van der Waals surface area contributed by atoms with Crippen LogP contribution in [-0.4, -0.2) is 11.6 Å². The van der Waals surface area contributed by atoms with Gasteiger partial charge in [-0.15, -0.1) is 22.7 Å². The Morgan fingerprint density at radius 1 is 0.724 bits per heavy atom. The Bertz CT molecular complexity index is 1050. The molecule has 1 fully saturated rings. The molecule has 0 radical (unpaired) electrons. The highest BCUT2D eigenvalue weighted by Crippen LogP contribution is 2.46. The van der Waals surface area contributed by atoms with Crippen molar-refractivity contribution in [3.8, 4) is 0 Å². The van der Waals surface area contributed by atoms with Crippen LogP contribution < -0.4 is 0 Å². The number of hydrogen-bond acceptors (Lipinski definition) is 4. The minimum absolute atomic E-state index is 0.180. The number of fused-ring (bicyclic) bond motifs is 2. The lowest BCUT2D eigenvalue weighted by Crippen LogP contribution is -2.24. The zero-order valence-electron chi connectivity index (χ0n) is 16.1. The Hall–Kier alpha value is -2.30. The van der Waals surface area contributed by atoms with Crippen molar-refractivity contribution in [2.24, 2.45) is 5.41 Å². The van der Waals surface area contributed by atoms with Crippen molar-refractivity contribution in [1.29, 1.82) is 0 Å². The van der Waals surface area contributed by atoms with E-state index in [4.69, 9.17) is 0 Å². The van der Waals surface area contributed by atoms with Crippen LogP contribution in [0, 0.1) is 5.41 Å². The van der Waals surface area contributed by atoms with Gasteiger partial charge in [-0.3, -0.25) is 9.59 Å². The maximum absolute atomic E-state index is 13.1. The van der Waals surface area contributed by atoms with Crippen LogP contribution in [0.2, 0.25) is 0 Å². The molecule has 0 spiro atoms. The number of Topliss-reactive ketones (excluding diaryl/α,β-unsaturated/α-hetero) is 2. The van der Waals surface area contributed by atoms with E-state index in [2.05, 4.69) is 24.3 Å². The first-order valence-electron chi connectivity index (χ1n) is 10.2. The van der Waals surface area contributed by atoms with Gasteiger partial charge in [0.1, 0.15) is 0 Å². The van der Waals surface area contributed by atoms with Gasteiger partial charge in [0.2, 0.25) is 0 Å². The summed E-state index contributed by atoms with van der Waals surface area (Å²) in [6.07, 6.45) is 5.13. The second-order valence-electron chi connectivity index (χ2n) is 8.20. The molecule has 0 N–H and O–H groups in total. The maximum Gasteiger partial charge on any atom is 0.173 e. The Balaban J connectivity index is 1.38. The summed E-state index contributed by atoms with van der Waals surface area (Å²) in [5.41, 5.74) is -0.180. The molecule has 2 heterocycles. The zero-order chi connectivity index (χ0) is 19.8. The lowest BCUT2D eigenvalue weighted by Gasteiger charge is -2.27. The third-order valence-electron chi connectivity index (χ3n) is 6.14. The summed E-state index contributed by atoms with van der Waals surface area (Å²) in [6, 6.07) is 20.3. The van der Waals surface area contributed by atoms with Gasteiger partial charge in [0.05, 0.1) is 9.75 Å². The predicted octanol–water partition coefficient (Wildman–Crippen LogP) is 7.52. The standard InChI is InChI=1S/C25H22O2S2/c26-19(23-13-17-7-1-3-9-21(17)28-23)15-25(11-5-6-12-25)16-20(27)24-14-18-8-2-4-10-22(18)29-24/h1-4,7-10,13-14H,5-6,11-12,15-16H2. The van der Waals surface area contributed by atoms with Gasteiger partial charge >= 0.3 is 0 Å². The number of benzene rings is 2. The van der Waals surface area contributed by atoms with Crippen molar-refractivity contribution in [3.63, 3.8) is 0 Å². The Morgan fingerprint density at radius 3 is 1.62 bits per heavy atom. The fraction of sp³-hybridized carbons (Fsp3) is 0.280. The molecule has 2 aromatic heterocycles. The number of carbonyl (C=O) groups is 2. The quantitative estimate of drug-likeness (QED) is 0.303. The first kappa shape index (κ1) is 18.7. The highest BCUT2D eigenvalue weighted by atomic mass is 32.1. The van der Waals surface area contributed by atoms with Crippen LogP contribution in [0.5, 0.6) is 0 Å². The van der Waals surface area contributed by atoms with E-state index in [1.54, 1.807) is 22.7 Å². The zero-order valence-corrected chi connectivity index (χ0v) is 17.8. The van der Waals surface area contributed by atoms with Crippen LogP contribution in [0.4, 0.5) is 0 Å². The summed E-state index contributed by atoms with van der Waals surface area (Å²) in [7, 11) is 0. The first-order valence-corrected chi connectivity index (χ1v) is 11.8. The maximum atomic E-state index is 13.1. The van der Waals surface area contributed by atoms with Crippen molar-refractivity contribution >= 4 is 54.4 Å². The molecule has 29 heavy (non-hydrogen) atoms. The van der Waals surface area contributed by atoms with E-state index < -0.39 is 0 Å². The molecule has 2 aromatic carbocycles. The summed E-state index contributed by atoms with van der Waals surface area (Å²) >= 11 is 3.15. The summed E-state index contributed by atoms with van der Waals surface area (Å²) in [5, 5.41) is 2.25. The Labute approximate surface area is 178 Å². The second kappa shape index (κ2) is 7.51. The van der Waals surface area contributed by atoms with Crippen molar-refractivity contribution in [1.82, 2.24) is 0 Å². The van der Waals surface area contributed by atoms with Crippen LogP contribution in [0.3, 0.4) is 0 Å². The molecule has 0 bridgehead atoms. The lowest BCUT2D eigenvalue weighted by atomic mass is 9.76. The molecule has 1 aliphatic carbocycles. The SMILES string of the molecule is O=C(CC1(CC(=O)c2cc3ccccc3s2)CCCC1)c1cc2ccccc2s1. The molecule has 4 aromatic rings. The van der Waals surface area contributed by atoms with Gasteiger partial charge in [0, 0.05) is 22.2 Å². The van der Waals surface area contributed by atoms with Crippen molar-refractivity contribution in [2.45, 2.75) is 38.5 Å². The molecule has 0 amide bonds. The van der Waals surface area contributed by atoms with Crippen LogP contribution in [0.15, 0.2) is 60.7 Å². The largest absolute Gasteiger partial charge is 0.293 e. The lowest BCUT2D eigenvalue weighted by molar-refractivity contribution is 0.0841. The molecule has 0 saturated heterocycles. The fourth-order valence-corrected chi connectivity index (χ4v) is 6.64. The van der Waals surface area contributed by atoms with E-state index in [1.165, 1.54) is 0 Å². The molecule has 146 valence electrons. The number of thiophene rings is 2. The first-order chi connectivity index (χ1) is 14.1. The molecular weight excluding hydrogens is 396 g/mol. The Morgan fingerprint density at radius 2 is 1.17 bits per heavy atom. The van der Waals surface area contributed by atoms with Gasteiger partial charge in [-0.05, 0) is 53.3 Å². The normalized spacial score (nSPS) is 15.9. The van der Waals surface area contributed by atoms with Gasteiger partial charge in [-0.2, -0.15) is 0 Å². The van der Waals surface area contributed by atoms with Crippen LogP contribution >= 0.6 is 22.7 Å². The molecular formula is C25H22O2S2. The highest BCUT2D eigenvalue weighted by Gasteiger charge is 2.38. The third kappa shape index (κ3) is 3.67. The highest BCUT2D eigenvalue weighted by molar-refractivity contribution is 7.21. The molecule has 2 nitrogen and oxygen atoms in total.